The first-order chi connectivity index (χ1) is 15.0. The van der Waals surface area contributed by atoms with Crippen LogP contribution in [0.25, 0.3) is 11.0 Å². The van der Waals surface area contributed by atoms with Gasteiger partial charge in [0.05, 0.1) is 27.5 Å². The molecule has 0 atom stereocenters. The van der Waals surface area contributed by atoms with Crippen LogP contribution in [-0.4, -0.2) is 22.0 Å². The SMILES string of the molecule is O=C(Cc1ccccc1Cl)NCCc1nc2ccccc2n1Cc1ccc(Cl)c(Cl)c1. The number of carbonyl (C=O) groups excluding carboxylic acids is 1. The molecular weight excluding hydrogens is 453 g/mol. The van der Waals surface area contributed by atoms with Gasteiger partial charge in [0.2, 0.25) is 5.91 Å². The zero-order chi connectivity index (χ0) is 21.8. The average Bonchev–Trinajstić information content (AvgIpc) is 3.10. The monoisotopic (exact) mass is 471 g/mol. The van der Waals surface area contributed by atoms with Crippen molar-refractivity contribution in [1.82, 2.24) is 14.9 Å². The largest absolute Gasteiger partial charge is 0.355 e. The number of imidazole rings is 1. The van der Waals surface area contributed by atoms with Crippen LogP contribution in [0.2, 0.25) is 15.1 Å². The molecule has 4 aromatic rings. The maximum Gasteiger partial charge on any atom is 0.224 e. The van der Waals surface area contributed by atoms with Crippen molar-refractivity contribution in [3.63, 3.8) is 0 Å². The van der Waals surface area contributed by atoms with Crippen molar-refractivity contribution >= 4 is 51.7 Å². The first kappa shape index (κ1) is 21.7. The Kier molecular flexibility index (Phi) is 6.81. The fraction of sp³-hybridized carbons (Fsp3) is 0.167. The Balaban J connectivity index is 1.48. The van der Waals surface area contributed by atoms with E-state index in [1.165, 1.54) is 0 Å². The van der Waals surface area contributed by atoms with Gasteiger partial charge in [-0.3, -0.25) is 4.79 Å². The predicted octanol–water partition coefficient (Wildman–Crippen LogP) is 5.95. The summed E-state index contributed by atoms with van der Waals surface area (Å²) in [6, 6.07) is 21.0. The van der Waals surface area contributed by atoms with Gasteiger partial charge in [-0.1, -0.05) is 71.2 Å². The van der Waals surface area contributed by atoms with Crippen molar-refractivity contribution in [1.29, 1.82) is 0 Å². The predicted molar refractivity (Wildman–Crippen MR) is 127 cm³/mol. The number of amides is 1. The van der Waals surface area contributed by atoms with E-state index in [4.69, 9.17) is 39.8 Å². The van der Waals surface area contributed by atoms with Gasteiger partial charge < -0.3 is 9.88 Å². The minimum atomic E-state index is -0.0692. The Labute approximate surface area is 195 Å². The van der Waals surface area contributed by atoms with Gasteiger partial charge in [0.25, 0.3) is 0 Å². The molecule has 0 aliphatic heterocycles. The normalized spacial score (nSPS) is 11.1. The topological polar surface area (TPSA) is 46.9 Å². The Hall–Kier alpha value is -2.53. The molecule has 1 heterocycles. The van der Waals surface area contributed by atoms with E-state index in [2.05, 4.69) is 9.88 Å². The van der Waals surface area contributed by atoms with Crippen molar-refractivity contribution in [2.24, 2.45) is 0 Å². The van der Waals surface area contributed by atoms with E-state index in [1.807, 2.05) is 54.6 Å². The number of nitrogens with zero attached hydrogens (tertiary/aromatic N) is 2. The molecule has 0 bridgehead atoms. The van der Waals surface area contributed by atoms with Gasteiger partial charge in [0.1, 0.15) is 5.82 Å². The number of carbonyl (C=O) groups is 1. The lowest BCUT2D eigenvalue weighted by molar-refractivity contribution is -0.120. The van der Waals surface area contributed by atoms with Crippen LogP contribution in [0.3, 0.4) is 0 Å². The van der Waals surface area contributed by atoms with E-state index in [0.717, 1.165) is 28.0 Å². The average molecular weight is 473 g/mol. The fourth-order valence-electron chi connectivity index (χ4n) is 3.50. The van der Waals surface area contributed by atoms with Crippen LogP contribution < -0.4 is 5.32 Å². The van der Waals surface area contributed by atoms with Crippen molar-refractivity contribution in [2.45, 2.75) is 19.4 Å². The lowest BCUT2D eigenvalue weighted by Gasteiger charge is -2.11. The number of fused-ring (bicyclic) bond motifs is 1. The maximum atomic E-state index is 12.3. The molecule has 0 saturated carbocycles. The molecule has 0 radical (unpaired) electrons. The van der Waals surface area contributed by atoms with E-state index in [9.17, 15) is 4.79 Å². The van der Waals surface area contributed by atoms with Crippen LogP contribution in [0.4, 0.5) is 0 Å². The standard InChI is InChI=1S/C24H20Cl3N3O/c25-18-6-2-1-5-17(18)14-24(31)28-12-11-23-29-21-7-3-4-8-22(21)30(23)15-16-9-10-19(26)20(27)13-16/h1-10,13H,11-12,14-15H2,(H,28,31). The molecule has 1 amide bonds. The summed E-state index contributed by atoms with van der Waals surface area (Å²) in [7, 11) is 0. The molecule has 0 fully saturated rings. The minimum Gasteiger partial charge on any atom is -0.355 e. The second-order valence-corrected chi connectivity index (χ2v) is 8.44. The maximum absolute atomic E-state index is 12.3. The van der Waals surface area contributed by atoms with Gasteiger partial charge >= 0.3 is 0 Å². The highest BCUT2D eigenvalue weighted by Gasteiger charge is 2.13. The Bertz CT molecular complexity index is 1240. The van der Waals surface area contributed by atoms with E-state index in [1.54, 1.807) is 12.1 Å². The lowest BCUT2D eigenvalue weighted by atomic mass is 10.1. The molecule has 1 N–H and O–H groups in total. The summed E-state index contributed by atoms with van der Waals surface area (Å²) in [5.41, 5.74) is 3.79. The molecule has 0 unspecified atom stereocenters. The second kappa shape index (κ2) is 9.73. The summed E-state index contributed by atoms with van der Waals surface area (Å²) in [5.74, 6) is 0.825. The third kappa shape index (κ3) is 5.21. The third-order valence-corrected chi connectivity index (χ3v) is 6.15. The lowest BCUT2D eigenvalue weighted by Crippen LogP contribution is -2.28. The molecule has 0 aliphatic rings. The van der Waals surface area contributed by atoms with E-state index < -0.39 is 0 Å². The first-order valence-electron chi connectivity index (χ1n) is 9.89. The Morgan fingerprint density at radius 3 is 2.48 bits per heavy atom. The fourth-order valence-corrected chi connectivity index (χ4v) is 4.03. The van der Waals surface area contributed by atoms with Crippen LogP contribution in [0, 0.1) is 0 Å². The highest BCUT2D eigenvalue weighted by atomic mass is 35.5. The van der Waals surface area contributed by atoms with Crippen LogP contribution in [0.15, 0.2) is 66.7 Å². The summed E-state index contributed by atoms with van der Waals surface area (Å²) in [4.78, 5) is 17.1. The number of nitrogens with one attached hydrogen (secondary N) is 1. The zero-order valence-corrected chi connectivity index (χ0v) is 18.9. The van der Waals surface area contributed by atoms with Gasteiger partial charge in [-0.2, -0.15) is 0 Å². The summed E-state index contributed by atoms with van der Waals surface area (Å²) in [6.45, 7) is 1.09. The zero-order valence-electron chi connectivity index (χ0n) is 16.6. The molecular formula is C24H20Cl3N3O. The van der Waals surface area contributed by atoms with Crippen LogP contribution >= 0.6 is 34.8 Å². The van der Waals surface area contributed by atoms with Crippen LogP contribution in [-0.2, 0) is 24.2 Å². The molecule has 4 nitrogen and oxygen atoms in total. The molecule has 7 heteroatoms. The summed E-state index contributed by atoms with van der Waals surface area (Å²) >= 11 is 18.4. The van der Waals surface area contributed by atoms with Gasteiger partial charge in [-0.05, 0) is 41.5 Å². The highest BCUT2D eigenvalue weighted by molar-refractivity contribution is 6.42. The first-order valence-corrected chi connectivity index (χ1v) is 11.0. The quantitative estimate of drug-likeness (QED) is 0.361. The van der Waals surface area contributed by atoms with Crippen molar-refractivity contribution in [2.75, 3.05) is 6.54 Å². The van der Waals surface area contributed by atoms with Gasteiger partial charge in [-0.25, -0.2) is 4.98 Å². The number of rotatable bonds is 7. The second-order valence-electron chi connectivity index (χ2n) is 7.22. The van der Waals surface area contributed by atoms with Gasteiger partial charge in [0, 0.05) is 24.5 Å². The number of hydrogen-bond acceptors (Lipinski definition) is 2. The number of aromatic nitrogens is 2. The third-order valence-electron chi connectivity index (χ3n) is 5.04. The smallest absolute Gasteiger partial charge is 0.224 e. The van der Waals surface area contributed by atoms with E-state index in [-0.39, 0.29) is 12.3 Å². The number of benzene rings is 3. The molecule has 1 aromatic heterocycles. The Morgan fingerprint density at radius 2 is 1.68 bits per heavy atom. The number of halogens is 3. The minimum absolute atomic E-state index is 0.0692. The molecule has 0 aliphatic carbocycles. The molecule has 31 heavy (non-hydrogen) atoms. The summed E-state index contributed by atoms with van der Waals surface area (Å²) < 4.78 is 2.15. The Morgan fingerprint density at radius 1 is 0.903 bits per heavy atom. The van der Waals surface area contributed by atoms with Crippen LogP contribution in [0.5, 0.6) is 0 Å². The van der Waals surface area contributed by atoms with Gasteiger partial charge in [-0.15, -0.1) is 0 Å². The van der Waals surface area contributed by atoms with Crippen molar-refractivity contribution in [3.05, 3.63) is 98.7 Å². The van der Waals surface area contributed by atoms with Gasteiger partial charge in [0.15, 0.2) is 0 Å². The van der Waals surface area contributed by atoms with E-state index >= 15 is 0 Å². The molecule has 158 valence electrons. The summed E-state index contributed by atoms with van der Waals surface area (Å²) in [5, 5.41) is 4.62. The summed E-state index contributed by atoms with van der Waals surface area (Å²) in [6.07, 6.45) is 0.851. The van der Waals surface area contributed by atoms with Crippen LogP contribution in [0.1, 0.15) is 17.0 Å². The highest BCUT2D eigenvalue weighted by Crippen LogP contribution is 2.25. The number of hydrogen-bond donors (Lipinski definition) is 1. The van der Waals surface area contributed by atoms with E-state index in [0.29, 0.717) is 34.6 Å². The molecule has 0 saturated heterocycles. The van der Waals surface area contributed by atoms with Crippen molar-refractivity contribution < 1.29 is 4.79 Å². The van der Waals surface area contributed by atoms with Crippen molar-refractivity contribution in [3.8, 4) is 0 Å². The molecule has 3 aromatic carbocycles. The molecule has 0 spiro atoms. The number of para-hydroxylation sites is 2. The molecule has 4 rings (SSSR count).